The minimum atomic E-state index is -1.09. The monoisotopic (exact) mass is 492 g/mol. The van der Waals surface area contributed by atoms with Gasteiger partial charge in [0, 0.05) is 4.88 Å². The predicted octanol–water partition coefficient (Wildman–Crippen LogP) is 4.12. The fraction of sp³-hybridized carbons (Fsp3) is 0.417. The molecule has 2 aromatic rings. The van der Waals surface area contributed by atoms with Gasteiger partial charge in [0.25, 0.3) is 11.8 Å². The molecule has 0 unspecified atom stereocenters. The van der Waals surface area contributed by atoms with Crippen LogP contribution in [0, 0.1) is 11.7 Å². The zero-order chi connectivity index (χ0) is 25.4. The first-order valence-corrected chi connectivity index (χ1v) is 11.7. The lowest BCUT2D eigenvalue weighted by atomic mass is 10.0. The minimum Gasteiger partial charge on any atom is -0.462 e. The van der Waals surface area contributed by atoms with Gasteiger partial charge in [0.1, 0.15) is 16.9 Å². The van der Waals surface area contributed by atoms with Gasteiger partial charge in [0.05, 0.1) is 17.7 Å². The van der Waals surface area contributed by atoms with E-state index in [1.54, 1.807) is 26.8 Å². The molecule has 2 amide bonds. The number of carbonyl (C=O) groups is 4. The van der Waals surface area contributed by atoms with Crippen LogP contribution in [0.25, 0.3) is 0 Å². The van der Waals surface area contributed by atoms with Crippen LogP contribution in [0.4, 0.5) is 9.39 Å². The Balaban J connectivity index is 2.04. The average Bonchev–Trinajstić information content (AvgIpc) is 3.20. The smallest absolute Gasteiger partial charge is 0.341 e. The summed E-state index contributed by atoms with van der Waals surface area (Å²) in [6.45, 7) is 8.50. The Morgan fingerprint density at radius 1 is 1.03 bits per heavy atom. The summed E-state index contributed by atoms with van der Waals surface area (Å²) in [5, 5.41) is 5.35. The molecule has 0 fully saturated rings. The predicted molar refractivity (Wildman–Crippen MR) is 126 cm³/mol. The van der Waals surface area contributed by atoms with E-state index in [9.17, 15) is 23.6 Å². The largest absolute Gasteiger partial charge is 0.462 e. The van der Waals surface area contributed by atoms with E-state index in [0.717, 1.165) is 10.9 Å². The summed E-state index contributed by atoms with van der Waals surface area (Å²) >= 11 is 1.24. The van der Waals surface area contributed by atoms with Crippen molar-refractivity contribution in [3.05, 3.63) is 52.2 Å². The number of hydrogen-bond acceptors (Lipinski definition) is 7. The van der Waals surface area contributed by atoms with Crippen LogP contribution in [0.2, 0.25) is 0 Å². The van der Waals surface area contributed by atoms with Crippen molar-refractivity contribution < 1.29 is 33.0 Å². The number of anilines is 1. The molecule has 1 heterocycles. The minimum absolute atomic E-state index is 0.131. The molecule has 1 atom stereocenters. The van der Waals surface area contributed by atoms with E-state index in [1.165, 1.54) is 29.5 Å². The number of nitrogens with one attached hydrogen (secondary N) is 2. The molecule has 0 radical (unpaired) electrons. The van der Waals surface area contributed by atoms with E-state index in [4.69, 9.17) is 9.47 Å². The first-order valence-electron chi connectivity index (χ1n) is 10.9. The van der Waals surface area contributed by atoms with Crippen molar-refractivity contribution in [2.24, 2.45) is 5.92 Å². The third-order valence-corrected chi connectivity index (χ3v) is 6.09. The first-order chi connectivity index (χ1) is 16.0. The van der Waals surface area contributed by atoms with Crippen molar-refractivity contribution >= 4 is 40.1 Å². The molecule has 0 aliphatic carbocycles. The van der Waals surface area contributed by atoms with Crippen molar-refractivity contribution in [2.75, 3.05) is 18.5 Å². The van der Waals surface area contributed by atoms with Crippen LogP contribution in [-0.2, 0) is 19.1 Å². The van der Waals surface area contributed by atoms with E-state index in [1.807, 2.05) is 13.8 Å². The quantitative estimate of drug-likeness (QED) is 0.483. The van der Waals surface area contributed by atoms with Crippen molar-refractivity contribution in [3.63, 3.8) is 0 Å². The maximum Gasteiger partial charge on any atom is 0.341 e. The van der Waals surface area contributed by atoms with Crippen LogP contribution in [0.1, 0.15) is 66.1 Å². The lowest BCUT2D eigenvalue weighted by Gasteiger charge is -2.21. The van der Waals surface area contributed by atoms with Crippen LogP contribution in [0.5, 0.6) is 0 Å². The molecule has 1 aromatic heterocycles. The summed E-state index contributed by atoms with van der Waals surface area (Å²) < 4.78 is 24.0. The Kier molecular flexibility index (Phi) is 9.73. The molecular formula is C24H29FN2O6S. The van der Waals surface area contributed by atoms with Gasteiger partial charge in [0.2, 0.25) is 0 Å². The van der Waals surface area contributed by atoms with Crippen molar-refractivity contribution in [1.29, 1.82) is 0 Å². The Morgan fingerprint density at radius 2 is 1.71 bits per heavy atom. The molecule has 0 saturated carbocycles. The second-order valence-electron chi connectivity index (χ2n) is 8.10. The number of esters is 2. The first kappa shape index (κ1) is 27.0. The zero-order valence-electron chi connectivity index (χ0n) is 19.8. The number of hydrogen-bond donors (Lipinski definition) is 2. The fourth-order valence-corrected chi connectivity index (χ4v) is 3.96. The van der Waals surface area contributed by atoms with E-state index >= 15 is 0 Å². The molecule has 184 valence electrons. The van der Waals surface area contributed by atoms with Crippen LogP contribution in [0.3, 0.4) is 0 Å². The standard InChI is InChI=1S/C24H29FN2O6S/c1-6-32-23(30)16-11-18(13(2)3)34-22(16)26-19(28)12-33-24(31)20(14(4)5)27-21(29)15-9-7-8-10-17(15)25/h7-11,13-14,20H,6,12H2,1-5H3,(H,26,28)(H,27,29)/t20-/m0/s1. The molecule has 34 heavy (non-hydrogen) atoms. The average molecular weight is 493 g/mol. The SMILES string of the molecule is CCOC(=O)c1cc(C(C)C)sc1NC(=O)COC(=O)[C@@H](NC(=O)c1ccccc1F)C(C)C. The van der Waals surface area contributed by atoms with Crippen LogP contribution in [0.15, 0.2) is 30.3 Å². The van der Waals surface area contributed by atoms with Gasteiger partial charge in [0.15, 0.2) is 6.61 Å². The zero-order valence-corrected chi connectivity index (χ0v) is 20.6. The van der Waals surface area contributed by atoms with E-state index < -0.39 is 42.2 Å². The van der Waals surface area contributed by atoms with E-state index in [-0.39, 0.29) is 29.6 Å². The van der Waals surface area contributed by atoms with Crippen LogP contribution in [-0.4, -0.2) is 43.0 Å². The van der Waals surface area contributed by atoms with Crippen LogP contribution >= 0.6 is 11.3 Å². The molecule has 0 spiro atoms. The molecule has 10 heteroatoms. The lowest BCUT2D eigenvalue weighted by molar-refractivity contribution is -0.150. The number of benzene rings is 1. The van der Waals surface area contributed by atoms with Gasteiger partial charge < -0.3 is 20.1 Å². The van der Waals surface area contributed by atoms with Gasteiger partial charge in [-0.1, -0.05) is 39.8 Å². The Bertz CT molecular complexity index is 1050. The lowest BCUT2D eigenvalue weighted by Crippen LogP contribution is -2.46. The van der Waals surface area contributed by atoms with Gasteiger partial charge in [-0.05, 0) is 37.0 Å². The van der Waals surface area contributed by atoms with Crippen molar-refractivity contribution in [3.8, 4) is 0 Å². The maximum absolute atomic E-state index is 13.9. The Hall–Kier alpha value is -3.27. The highest BCUT2D eigenvalue weighted by atomic mass is 32.1. The number of thiophene rings is 1. The molecule has 0 aliphatic rings. The van der Waals surface area contributed by atoms with Crippen LogP contribution < -0.4 is 10.6 Å². The number of halogens is 1. The molecule has 0 saturated heterocycles. The van der Waals surface area contributed by atoms with Gasteiger partial charge >= 0.3 is 11.9 Å². The molecule has 8 nitrogen and oxygen atoms in total. The number of carbonyl (C=O) groups excluding carboxylic acids is 4. The third-order valence-electron chi connectivity index (χ3n) is 4.74. The second-order valence-corrected chi connectivity index (χ2v) is 9.18. The highest BCUT2D eigenvalue weighted by molar-refractivity contribution is 7.16. The normalized spacial score (nSPS) is 11.8. The molecule has 0 aliphatic heterocycles. The third kappa shape index (κ3) is 7.11. The summed E-state index contributed by atoms with van der Waals surface area (Å²) in [6.07, 6.45) is 0. The van der Waals surface area contributed by atoms with Gasteiger partial charge in [-0.2, -0.15) is 0 Å². The van der Waals surface area contributed by atoms with Crippen molar-refractivity contribution in [1.82, 2.24) is 5.32 Å². The maximum atomic E-state index is 13.9. The molecule has 1 aromatic carbocycles. The van der Waals surface area contributed by atoms with Gasteiger partial charge in [-0.25, -0.2) is 14.0 Å². The molecular weight excluding hydrogens is 463 g/mol. The Morgan fingerprint density at radius 3 is 2.29 bits per heavy atom. The molecule has 0 bridgehead atoms. The van der Waals surface area contributed by atoms with E-state index in [0.29, 0.717) is 5.00 Å². The highest BCUT2D eigenvalue weighted by Gasteiger charge is 2.28. The van der Waals surface area contributed by atoms with Crippen molar-refractivity contribution in [2.45, 2.75) is 46.6 Å². The second kappa shape index (κ2) is 12.3. The number of amides is 2. The van der Waals surface area contributed by atoms with Gasteiger partial charge in [-0.3, -0.25) is 9.59 Å². The highest BCUT2D eigenvalue weighted by Crippen LogP contribution is 2.33. The molecule has 2 rings (SSSR count). The molecule has 2 N–H and O–H groups in total. The topological polar surface area (TPSA) is 111 Å². The fourth-order valence-electron chi connectivity index (χ4n) is 2.90. The van der Waals surface area contributed by atoms with Gasteiger partial charge in [-0.15, -0.1) is 11.3 Å². The number of ether oxygens (including phenoxy) is 2. The summed E-state index contributed by atoms with van der Waals surface area (Å²) in [7, 11) is 0. The summed E-state index contributed by atoms with van der Waals surface area (Å²) in [5.74, 6) is -3.79. The number of rotatable bonds is 10. The summed E-state index contributed by atoms with van der Waals surface area (Å²) in [5.41, 5.74) is 0.0243. The summed E-state index contributed by atoms with van der Waals surface area (Å²) in [6, 6.07) is 5.97. The summed E-state index contributed by atoms with van der Waals surface area (Å²) in [4.78, 5) is 50.5. The Labute approximate surface area is 201 Å². The van der Waals surface area contributed by atoms with E-state index in [2.05, 4.69) is 10.6 Å².